The molecule has 0 aromatic carbocycles. The van der Waals surface area contributed by atoms with Gasteiger partial charge in [-0.3, -0.25) is 0 Å². The molecule has 110 valence electrons. The second-order valence-corrected chi connectivity index (χ2v) is 5.75. The lowest BCUT2D eigenvalue weighted by Gasteiger charge is -2.20. The van der Waals surface area contributed by atoms with Crippen molar-refractivity contribution in [2.75, 3.05) is 11.9 Å². The van der Waals surface area contributed by atoms with Gasteiger partial charge in [-0.2, -0.15) is 0 Å². The van der Waals surface area contributed by atoms with Crippen LogP contribution in [0.2, 0.25) is 0 Å². The van der Waals surface area contributed by atoms with Crippen molar-refractivity contribution in [3.8, 4) is 0 Å². The Hall–Kier alpha value is -1.62. The number of aliphatic hydroxyl groups excluding tert-OH is 1. The van der Waals surface area contributed by atoms with Crippen LogP contribution in [0.4, 0.5) is 5.82 Å². The van der Waals surface area contributed by atoms with Gasteiger partial charge in [0.15, 0.2) is 0 Å². The predicted molar refractivity (Wildman–Crippen MR) is 77.1 cm³/mol. The van der Waals surface area contributed by atoms with Crippen LogP contribution < -0.4 is 5.32 Å². The molecule has 1 aromatic heterocycles. The van der Waals surface area contributed by atoms with Crippen molar-refractivity contribution in [2.24, 2.45) is 5.92 Å². The van der Waals surface area contributed by atoms with E-state index in [0.29, 0.717) is 5.82 Å². The lowest BCUT2D eigenvalue weighted by molar-refractivity contribution is 0.0696. The van der Waals surface area contributed by atoms with E-state index < -0.39 is 5.97 Å². The van der Waals surface area contributed by atoms with E-state index in [1.54, 1.807) is 12.1 Å². The van der Waals surface area contributed by atoms with Gasteiger partial charge in [0.05, 0.1) is 5.56 Å². The number of carboxylic acid groups (broad SMARTS) is 1. The van der Waals surface area contributed by atoms with Crippen molar-refractivity contribution in [3.63, 3.8) is 0 Å². The number of aliphatic hydroxyl groups is 1. The highest BCUT2D eigenvalue weighted by Gasteiger charge is 2.27. The molecule has 0 spiro atoms. The van der Waals surface area contributed by atoms with Crippen molar-refractivity contribution in [1.82, 2.24) is 4.98 Å². The molecule has 3 N–H and O–H groups in total. The first-order chi connectivity index (χ1) is 9.51. The number of anilines is 1. The van der Waals surface area contributed by atoms with Crippen molar-refractivity contribution in [2.45, 2.75) is 45.1 Å². The standard InChI is InChI=1S/C15H22N2O3/c1-9(2)13-6-11(15(19)20)7-14(17-13)16-12-5-3-4-10(12)8-18/h6-7,9-10,12,18H,3-5,8H2,1-2H3,(H,16,17)(H,19,20). The Bertz CT molecular complexity index is 488. The second kappa shape index (κ2) is 6.22. The van der Waals surface area contributed by atoms with E-state index in [-0.39, 0.29) is 30.0 Å². The SMILES string of the molecule is CC(C)c1cc(C(=O)O)cc(NC2CCCC2CO)n1. The summed E-state index contributed by atoms with van der Waals surface area (Å²) in [5.41, 5.74) is 1.02. The molecule has 2 unspecified atom stereocenters. The fourth-order valence-electron chi connectivity index (χ4n) is 2.68. The number of pyridine rings is 1. The molecule has 0 radical (unpaired) electrons. The summed E-state index contributed by atoms with van der Waals surface area (Å²) in [5, 5.41) is 21.8. The summed E-state index contributed by atoms with van der Waals surface area (Å²) in [5.74, 6) is 0.0567. The maximum atomic E-state index is 11.2. The van der Waals surface area contributed by atoms with Crippen LogP contribution in [0.1, 0.15) is 55.1 Å². The van der Waals surface area contributed by atoms with Crippen LogP contribution in [0.5, 0.6) is 0 Å². The van der Waals surface area contributed by atoms with E-state index in [9.17, 15) is 15.0 Å². The van der Waals surface area contributed by atoms with Crippen molar-refractivity contribution < 1.29 is 15.0 Å². The first-order valence-corrected chi connectivity index (χ1v) is 7.14. The Morgan fingerprint density at radius 1 is 1.45 bits per heavy atom. The quantitative estimate of drug-likeness (QED) is 0.770. The Labute approximate surface area is 119 Å². The summed E-state index contributed by atoms with van der Waals surface area (Å²) in [7, 11) is 0. The lowest BCUT2D eigenvalue weighted by Crippen LogP contribution is -2.27. The van der Waals surface area contributed by atoms with Crippen LogP contribution >= 0.6 is 0 Å². The van der Waals surface area contributed by atoms with Crippen LogP contribution in [0.25, 0.3) is 0 Å². The van der Waals surface area contributed by atoms with Gasteiger partial charge in [0, 0.05) is 24.3 Å². The summed E-state index contributed by atoms with van der Waals surface area (Å²) in [6.07, 6.45) is 3.07. The topological polar surface area (TPSA) is 82.5 Å². The van der Waals surface area contributed by atoms with Gasteiger partial charge in [-0.15, -0.1) is 0 Å². The number of hydrogen-bond donors (Lipinski definition) is 3. The molecule has 1 fully saturated rings. The van der Waals surface area contributed by atoms with E-state index in [4.69, 9.17) is 0 Å². The minimum absolute atomic E-state index is 0.160. The molecular formula is C15H22N2O3. The highest BCUT2D eigenvalue weighted by atomic mass is 16.4. The molecule has 2 rings (SSSR count). The minimum Gasteiger partial charge on any atom is -0.478 e. The van der Waals surface area contributed by atoms with E-state index in [0.717, 1.165) is 25.0 Å². The molecule has 5 heteroatoms. The maximum absolute atomic E-state index is 11.2. The highest BCUT2D eigenvalue weighted by Crippen LogP contribution is 2.28. The molecule has 1 aromatic rings. The molecule has 0 amide bonds. The van der Waals surface area contributed by atoms with Gasteiger partial charge < -0.3 is 15.5 Å². The fourth-order valence-corrected chi connectivity index (χ4v) is 2.68. The average Bonchev–Trinajstić information content (AvgIpc) is 2.85. The fraction of sp³-hybridized carbons (Fsp3) is 0.600. The Morgan fingerprint density at radius 2 is 2.20 bits per heavy atom. The molecule has 5 nitrogen and oxygen atoms in total. The summed E-state index contributed by atoms with van der Waals surface area (Å²) < 4.78 is 0. The minimum atomic E-state index is -0.942. The van der Waals surface area contributed by atoms with Crippen molar-refractivity contribution >= 4 is 11.8 Å². The van der Waals surface area contributed by atoms with Crippen LogP contribution in [0.15, 0.2) is 12.1 Å². The zero-order valence-corrected chi connectivity index (χ0v) is 12.0. The number of carboxylic acids is 1. The number of rotatable bonds is 5. The van der Waals surface area contributed by atoms with Gasteiger partial charge in [-0.1, -0.05) is 20.3 Å². The number of aromatic carboxylic acids is 1. The van der Waals surface area contributed by atoms with Crippen LogP contribution in [0.3, 0.4) is 0 Å². The molecule has 2 atom stereocenters. The first-order valence-electron chi connectivity index (χ1n) is 7.14. The van der Waals surface area contributed by atoms with E-state index in [1.165, 1.54) is 0 Å². The molecule has 0 bridgehead atoms. The molecule has 1 heterocycles. The summed E-state index contributed by atoms with van der Waals surface area (Å²) in [4.78, 5) is 15.7. The molecule has 0 aliphatic heterocycles. The van der Waals surface area contributed by atoms with Crippen molar-refractivity contribution in [1.29, 1.82) is 0 Å². The highest BCUT2D eigenvalue weighted by molar-refractivity contribution is 5.88. The third-order valence-corrected chi connectivity index (χ3v) is 3.91. The van der Waals surface area contributed by atoms with Crippen LogP contribution in [0, 0.1) is 5.92 Å². The third kappa shape index (κ3) is 3.28. The van der Waals surface area contributed by atoms with Gasteiger partial charge in [-0.05, 0) is 30.9 Å². The van der Waals surface area contributed by atoms with Gasteiger partial charge in [-0.25, -0.2) is 9.78 Å². The number of hydrogen-bond acceptors (Lipinski definition) is 4. The van der Waals surface area contributed by atoms with E-state index in [2.05, 4.69) is 10.3 Å². The number of aromatic nitrogens is 1. The average molecular weight is 278 g/mol. The van der Waals surface area contributed by atoms with Crippen molar-refractivity contribution in [3.05, 3.63) is 23.4 Å². The van der Waals surface area contributed by atoms with Gasteiger partial charge >= 0.3 is 5.97 Å². The first kappa shape index (κ1) is 14.8. The number of carbonyl (C=O) groups is 1. The summed E-state index contributed by atoms with van der Waals surface area (Å²) >= 11 is 0. The van der Waals surface area contributed by atoms with E-state index in [1.807, 2.05) is 13.8 Å². The zero-order valence-electron chi connectivity index (χ0n) is 12.0. The number of nitrogens with one attached hydrogen (secondary N) is 1. The molecule has 1 saturated carbocycles. The Morgan fingerprint density at radius 3 is 2.80 bits per heavy atom. The summed E-state index contributed by atoms with van der Waals surface area (Å²) in [6.45, 7) is 4.14. The molecular weight excluding hydrogens is 256 g/mol. The van der Waals surface area contributed by atoms with Gasteiger partial charge in [0.25, 0.3) is 0 Å². The normalized spacial score (nSPS) is 22.2. The predicted octanol–water partition coefficient (Wildman–Crippen LogP) is 2.48. The van der Waals surface area contributed by atoms with E-state index >= 15 is 0 Å². The monoisotopic (exact) mass is 278 g/mol. The second-order valence-electron chi connectivity index (χ2n) is 5.75. The van der Waals surface area contributed by atoms with Gasteiger partial charge in [0.1, 0.15) is 5.82 Å². The molecule has 1 aliphatic carbocycles. The molecule has 20 heavy (non-hydrogen) atoms. The smallest absolute Gasteiger partial charge is 0.335 e. The Balaban J connectivity index is 2.24. The lowest BCUT2D eigenvalue weighted by atomic mass is 10.0. The van der Waals surface area contributed by atoms with Crippen LogP contribution in [-0.4, -0.2) is 33.8 Å². The maximum Gasteiger partial charge on any atom is 0.335 e. The largest absolute Gasteiger partial charge is 0.478 e. The van der Waals surface area contributed by atoms with Crippen LogP contribution in [-0.2, 0) is 0 Å². The number of nitrogens with zero attached hydrogens (tertiary/aromatic N) is 1. The summed E-state index contributed by atoms with van der Waals surface area (Å²) in [6, 6.07) is 3.37. The molecule has 0 saturated heterocycles. The van der Waals surface area contributed by atoms with Gasteiger partial charge in [0.2, 0.25) is 0 Å². The Kier molecular flexibility index (Phi) is 4.60. The third-order valence-electron chi connectivity index (χ3n) is 3.91. The molecule has 1 aliphatic rings. The zero-order chi connectivity index (χ0) is 14.7.